The molecule has 0 bridgehead atoms. The van der Waals surface area contributed by atoms with E-state index in [0.29, 0.717) is 17.7 Å². The topological polar surface area (TPSA) is 70.8 Å². The summed E-state index contributed by atoms with van der Waals surface area (Å²) in [6, 6.07) is 1.61. The van der Waals surface area contributed by atoms with Crippen molar-refractivity contribution >= 4 is 11.9 Å². The number of carbonyl (C=O) groups is 2. The Balaban J connectivity index is 2.66. The molecule has 0 saturated heterocycles. The van der Waals surface area contributed by atoms with E-state index in [0.717, 1.165) is 0 Å². The number of amides is 1. The van der Waals surface area contributed by atoms with Gasteiger partial charge in [-0.25, -0.2) is 0 Å². The number of hydrogen-bond donors (Lipinski definition) is 1. The highest BCUT2D eigenvalue weighted by atomic mass is 16.4. The first-order valence-electron chi connectivity index (χ1n) is 5.09. The van der Waals surface area contributed by atoms with Gasteiger partial charge in [0.25, 0.3) is 5.91 Å². The molecule has 0 aliphatic heterocycles. The van der Waals surface area contributed by atoms with Gasteiger partial charge in [-0.3, -0.25) is 9.59 Å². The van der Waals surface area contributed by atoms with Crippen molar-refractivity contribution in [2.24, 2.45) is 0 Å². The van der Waals surface area contributed by atoms with E-state index in [2.05, 4.69) is 0 Å². The van der Waals surface area contributed by atoms with Gasteiger partial charge >= 0.3 is 5.97 Å². The summed E-state index contributed by atoms with van der Waals surface area (Å²) in [6.45, 7) is 2.09. The Morgan fingerprint density at radius 2 is 2.19 bits per heavy atom. The molecule has 88 valence electrons. The normalized spacial score (nSPS) is 10.1. The van der Waals surface area contributed by atoms with Crippen LogP contribution in [0.1, 0.15) is 29.5 Å². The zero-order valence-corrected chi connectivity index (χ0v) is 9.40. The summed E-state index contributed by atoms with van der Waals surface area (Å²) in [5, 5.41) is 8.52. The highest BCUT2D eigenvalue weighted by Crippen LogP contribution is 2.13. The quantitative estimate of drug-likeness (QED) is 0.822. The predicted molar refractivity (Wildman–Crippen MR) is 57.3 cm³/mol. The number of carboxylic acids is 1. The van der Waals surface area contributed by atoms with Gasteiger partial charge in [-0.05, 0) is 6.07 Å². The largest absolute Gasteiger partial charge is 0.481 e. The number of furan rings is 1. The third-order valence-corrected chi connectivity index (χ3v) is 2.30. The standard InChI is InChI=1S/C11H15NO4/c1-3-9-8(5-7-16-9)11(15)12(2)6-4-10(13)14/h5,7H,3-4,6H2,1-2H3,(H,13,14). The molecule has 1 heterocycles. The van der Waals surface area contributed by atoms with Gasteiger partial charge in [0, 0.05) is 20.0 Å². The highest BCUT2D eigenvalue weighted by molar-refractivity contribution is 5.95. The summed E-state index contributed by atoms with van der Waals surface area (Å²) in [5.74, 6) is -0.485. The number of aryl methyl sites for hydroxylation is 1. The lowest BCUT2D eigenvalue weighted by Gasteiger charge is -2.15. The number of carbonyl (C=O) groups excluding carboxylic acids is 1. The molecule has 0 radical (unpaired) electrons. The molecule has 1 amide bonds. The summed E-state index contributed by atoms with van der Waals surface area (Å²) in [5.41, 5.74) is 0.510. The van der Waals surface area contributed by atoms with Gasteiger partial charge in [-0.15, -0.1) is 0 Å². The maximum atomic E-state index is 11.9. The van der Waals surface area contributed by atoms with Gasteiger partial charge in [0.2, 0.25) is 0 Å². The zero-order valence-electron chi connectivity index (χ0n) is 9.40. The molecular formula is C11H15NO4. The lowest BCUT2D eigenvalue weighted by Crippen LogP contribution is -2.29. The van der Waals surface area contributed by atoms with Gasteiger partial charge in [-0.2, -0.15) is 0 Å². The Morgan fingerprint density at radius 3 is 2.75 bits per heavy atom. The van der Waals surface area contributed by atoms with Crippen LogP contribution >= 0.6 is 0 Å². The second-order valence-corrected chi connectivity index (χ2v) is 3.48. The van der Waals surface area contributed by atoms with E-state index >= 15 is 0 Å². The fourth-order valence-corrected chi connectivity index (χ4v) is 1.38. The molecule has 1 N–H and O–H groups in total. The minimum atomic E-state index is -0.914. The van der Waals surface area contributed by atoms with Crippen molar-refractivity contribution in [2.45, 2.75) is 19.8 Å². The minimum absolute atomic E-state index is 0.0540. The molecule has 0 atom stereocenters. The van der Waals surface area contributed by atoms with Gasteiger partial charge in [0.15, 0.2) is 0 Å². The summed E-state index contributed by atoms with van der Waals surface area (Å²) in [4.78, 5) is 23.6. The van der Waals surface area contributed by atoms with Crippen molar-refractivity contribution in [1.29, 1.82) is 0 Å². The molecule has 0 spiro atoms. The lowest BCUT2D eigenvalue weighted by atomic mass is 10.2. The van der Waals surface area contributed by atoms with E-state index in [1.165, 1.54) is 11.2 Å². The van der Waals surface area contributed by atoms with Gasteiger partial charge in [0.05, 0.1) is 18.2 Å². The van der Waals surface area contributed by atoms with Crippen molar-refractivity contribution < 1.29 is 19.1 Å². The predicted octanol–water partition coefficient (Wildman–Crippen LogP) is 1.39. The first-order chi connectivity index (χ1) is 7.56. The number of nitrogens with zero attached hydrogens (tertiary/aromatic N) is 1. The van der Waals surface area contributed by atoms with E-state index < -0.39 is 5.97 Å². The highest BCUT2D eigenvalue weighted by Gasteiger charge is 2.17. The molecule has 16 heavy (non-hydrogen) atoms. The third kappa shape index (κ3) is 2.85. The average Bonchev–Trinajstić information content (AvgIpc) is 2.72. The summed E-state index contributed by atoms with van der Waals surface area (Å²) in [6.07, 6.45) is 2.06. The average molecular weight is 225 g/mol. The molecule has 5 heteroatoms. The number of hydrogen-bond acceptors (Lipinski definition) is 3. The number of aliphatic carboxylic acids is 1. The Bertz CT molecular complexity index is 383. The SMILES string of the molecule is CCc1occc1C(=O)N(C)CCC(=O)O. The van der Waals surface area contributed by atoms with Crippen molar-refractivity contribution in [3.63, 3.8) is 0 Å². The van der Waals surface area contributed by atoms with E-state index in [4.69, 9.17) is 9.52 Å². The van der Waals surface area contributed by atoms with Crippen LogP contribution in [0.4, 0.5) is 0 Å². The number of rotatable bonds is 5. The Hall–Kier alpha value is -1.78. The molecule has 0 aliphatic carbocycles. The van der Waals surface area contributed by atoms with Crippen LogP contribution in [-0.4, -0.2) is 35.5 Å². The first kappa shape index (κ1) is 12.3. The summed E-state index contributed by atoms with van der Waals surface area (Å²) >= 11 is 0. The molecule has 0 aliphatic rings. The monoisotopic (exact) mass is 225 g/mol. The van der Waals surface area contributed by atoms with E-state index in [1.54, 1.807) is 13.1 Å². The van der Waals surface area contributed by atoms with Crippen LogP contribution in [0.3, 0.4) is 0 Å². The van der Waals surface area contributed by atoms with Crippen molar-refractivity contribution in [1.82, 2.24) is 4.90 Å². The number of carboxylic acid groups (broad SMARTS) is 1. The molecule has 1 aromatic heterocycles. The van der Waals surface area contributed by atoms with Crippen molar-refractivity contribution in [3.8, 4) is 0 Å². The van der Waals surface area contributed by atoms with Gasteiger partial charge in [-0.1, -0.05) is 6.92 Å². The molecule has 1 rings (SSSR count). The van der Waals surface area contributed by atoms with Crippen LogP contribution < -0.4 is 0 Å². The van der Waals surface area contributed by atoms with E-state index in [9.17, 15) is 9.59 Å². The van der Waals surface area contributed by atoms with Crippen LogP contribution in [0.5, 0.6) is 0 Å². The smallest absolute Gasteiger partial charge is 0.305 e. The summed E-state index contributed by atoms with van der Waals surface area (Å²) in [7, 11) is 1.58. The van der Waals surface area contributed by atoms with Gasteiger partial charge < -0.3 is 14.4 Å². The maximum Gasteiger partial charge on any atom is 0.305 e. The van der Waals surface area contributed by atoms with Crippen molar-refractivity contribution in [3.05, 3.63) is 23.7 Å². The second kappa shape index (κ2) is 5.34. The molecule has 0 aromatic carbocycles. The lowest BCUT2D eigenvalue weighted by molar-refractivity contribution is -0.137. The molecular weight excluding hydrogens is 210 g/mol. The van der Waals surface area contributed by atoms with Crippen LogP contribution in [0, 0.1) is 0 Å². The van der Waals surface area contributed by atoms with Crippen LogP contribution in [0.2, 0.25) is 0 Å². The summed E-state index contributed by atoms with van der Waals surface area (Å²) < 4.78 is 5.15. The van der Waals surface area contributed by atoms with Crippen LogP contribution in [-0.2, 0) is 11.2 Å². The second-order valence-electron chi connectivity index (χ2n) is 3.48. The molecule has 0 unspecified atom stereocenters. The maximum absolute atomic E-state index is 11.9. The molecule has 1 aromatic rings. The Morgan fingerprint density at radius 1 is 1.50 bits per heavy atom. The van der Waals surface area contributed by atoms with Crippen LogP contribution in [0.25, 0.3) is 0 Å². The van der Waals surface area contributed by atoms with E-state index in [-0.39, 0.29) is 18.9 Å². The fraction of sp³-hybridized carbons (Fsp3) is 0.455. The van der Waals surface area contributed by atoms with Gasteiger partial charge in [0.1, 0.15) is 5.76 Å². The minimum Gasteiger partial charge on any atom is -0.481 e. The van der Waals surface area contributed by atoms with Crippen LogP contribution in [0.15, 0.2) is 16.7 Å². The molecule has 0 fully saturated rings. The van der Waals surface area contributed by atoms with Crippen molar-refractivity contribution in [2.75, 3.05) is 13.6 Å². The molecule has 0 saturated carbocycles. The molecule has 5 nitrogen and oxygen atoms in total. The first-order valence-corrected chi connectivity index (χ1v) is 5.09. The Labute approximate surface area is 93.7 Å². The Kier molecular flexibility index (Phi) is 4.10. The van der Waals surface area contributed by atoms with E-state index in [1.807, 2.05) is 6.92 Å². The zero-order chi connectivity index (χ0) is 12.1. The fourth-order valence-electron chi connectivity index (χ4n) is 1.38. The third-order valence-electron chi connectivity index (χ3n) is 2.30.